The lowest BCUT2D eigenvalue weighted by molar-refractivity contribution is -0.0714. The molecule has 4 atom stereocenters. The van der Waals surface area contributed by atoms with Gasteiger partial charge < -0.3 is 15.2 Å². The second-order valence-corrected chi connectivity index (χ2v) is 5.42. The van der Waals surface area contributed by atoms with Gasteiger partial charge in [-0.3, -0.25) is 0 Å². The van der Waals surface area contributed by atoms with Crippen molar-refractivity contribution in [2.45, 2.75) is 58.3 Å². The lowest BCUT2D eigenvalue weighted by Crippen LogP contribution is -2.44. The molecule has 16 heavy (non-hydrogen) atoms. The summed E-state index contributed by atoms with van der Waals surface area (Å²) in [6.45, 7) is 7.28. The maximum absolute atomic E-state index is 6.12. The molecule has 0 aromatic rings. The summed E-state index contributed by atoms with van der Waals surface area (Å²) in [5.74, 6) is 1.50. The van der Waals surface area contributed by atoms with Gasteiger partial charge in [0.15, 0.2) is 0 Å². The highest BCUT2D eigenvalue weighted by Crippen LogP contribution is 2.31. The van der Waals surface area contributed by atoms with Crippen molar-refractivity contribution in [2.24, 2.45) is 17.6 Å². The Balaban J connectivity index is 2.43. The molecule has 1 aliphatic carbocycles. The van der Waals surface area contributed by atoms with Crippen LogP contribution >= 0.6 is 0 Å². The Morgan fingerprint density at radius 3 is 2.50 bits per heavy atom. The Labute approximate surface area is 99.7 Å². The monoisotopic (exact) mass is 229 g/mol. The smallest absolute Gasteiger partial charge is 0.0784 e. The highest BCUT2D eigenvalue weighted by Gasteiger charge is 2.31. The standard InChI is InChI=1S/C13H27NO2/c1-9(2)11-5-6-12(14)13(7-11)16-10(3)8-15-4/h9-13H,5-8,14H2,1-4H3. The Bertz CT molecular complexity index is 196. The summed E-state index contributed by atoms with van der Waals surface area (Å²) in [5, 5.41) is 0. The number of nitrogens with two attached hydrogens (primary N) is 1. The summed E-state index contributed by atoms with van der Waals surface area (Å²) >= 11 is 0. The molecule has 0 radical (unpaired) electrons. The predicted octanol–water partition coefficient (Wildman–Crippen LogP) is 2.19. The zero-order chi connectivity index (χ0) is 12.1. The van der Waals surface area contributed by atoms with Gasteiger partial charge in [-0.15, -0.1) is 0 Å². The van der Waals surface area contributed by atoms with Gasteiger partial charge >= 0.3 is 0 Å². The van der Waals surface area contributed by atoms with Crippen molar-refractivity contribution in [3.05, 3.63) is 0 Å². The molecule has 0 heterocycles. The molecular weight excluding hydrogens is 202 g/mol. The average Bonchev–Trinajstić information content (AvgIpc) is 2.21. The van der Waals surface area contributed by atoms with Crippen LogP contribution < -0.4 is 5.73 Å². The summed E-state index contributed by atoms with van der Waals surface area (Å²) < 4.78 is 11.1. The van der Waals surface area contributed by atoms with E-state index in [4.69, 9.17) is 15.2 Å². The van der Waals surface area contributed by atoms with E-state index in [1.165, 1.54) is 6.42 Å². The van der Waals surface area contributed by atoms with Crippen LogP contribution in [-0.4, -0.2) is 32.0 Å². The normalized spacial score (nSPS) is 33.0. The van der Waals surface area contributed by atoms with Crippen LogP contribution in [0, 0.1) is 11.8 Å². The van der Waals surface area contributed by atoms with Crippen LogP contribution in [0.3, 0.4) is 0 Å². The van der Waals surface area contributed by atoms with Gasteiger partial charge in [0.25, 0.3) is 0 Å². The molecule has 0 bridgehead atoms. The first kappa shape index (κ1) is 13.9. The van der Waals surface area contributed by atoms with Crippen molar-refractivity contribution in [3.63, 3.8) is 0 Å². The maximum atomic E-state index is 6.12. The predicted molar refractivity (Wildman–Crippen MR) is 66.4 cm³/mol. The fourth-order valence-electron chi connectivity index (χ4n) is 2.52. The molecule has 0 amide bonds. The van der Waals surface area contributed by atoms with Crippen molar-refractivity contribution in [2.75, 3.05) is 13.7 Å². The molecule has 2 N–H and O–H groups in total. The number of hydrogen-bond acceptors (Lipinski definition) is 3. The lowest BCUT2D eigenvalue weighted by atomic mass is 9.78. The largest absolute Gasteiger partial charge is 0.382 e. The minimum Gasteiger partial charge on any atom is -0.382 e. The Kier molecular flexibility index (Phi) is 5.73. The molecule has 0 aromatic heterocycles. The molecule has 3 heteroatoms. The van der Waals surface area contributed by atoms with Gasteiger partial charge in [0.05, 0.1) is 18.8 Å². The quantitative estimate of drug-likeness (QED) is 0.786. The molecule has 1 fully saturated rings. The van der Waals surface area contributed by atoms with Gasteiger partial charge in [0, 0.05) is 13.2 Å². The minimum absolute atomic E-state index is 0.145. The van der Waals surface area contributed by atoms with Crippen LogP contribution in [0.25, 0.3) is 0 Å². The van der Waals surface area contributed by atoms with Gasteiger partial charge in [-0.2, -0.15) is 0 Å². The van der Waals surface area contributed by atoms with Crippen molar-refractivity contribution in [1.82, 2.24) is 0 Å². The fourth-order valence-corrected chi connectivity index (χ4v) is 2.52. The highest BCUT2D eigenvalue weighted by atomic mass is 16.5. The van der Waals surface area contributed by atoms with E-state index in [0.29, 0.717) is 6.61 Å². The zero-order valence-electron chi connectivity index (χ0n) is 11.1. The molecule has 96 valence electrons. The number of ether oxygens (including phenoxy) is 2. The van der Waals surface area contributed by atoms with Crippen molar-refractivity contribution in [1.29, 1.82) is 0 Å². The molecule has 0 saturated heterocycles. The second-order valence-electron chi connectivity index (χ2n) is 5.42. The molecule has 1 rings (SSSR count). The van der Waals surface area contributed by atoms with Crippen LogP contribution in [0.2, 0.25) is 0 Å². The van der Waals surface area contributed by atoms with Crippen LogP contribution in [-0.2, 0) is 9.47 Å². The third kappa shape index (κ3) is 4.04. The van der Waals surface area contributed by atoms with Gasteiger partial charge in [-0.05, 0) is 38.0 Å². The van der Waals surface area contributed by atoms with Crippen LogP contribution in [0.1, 0.15) is 40.0 Å². The van der Waals surface area contributed by atoms with Crippen LogP contribution in [0.5, 0.6) is 0 Å². The maximum Gasteiger partial charge on any atom is 0.0784 e. The number of methoxy groups -OCH3 is 1. The van der Waals surface area contributed by atoms with E-state index >= 15 is 0 Å². The minimum atomic E-state index is 0.145. The number of hydrogen-bond donors (Lipinski definition) is 1. The van der Waals surface area contributed by atoms with Gasteiger partial charge in [-0.25, -0.2) is 0 Å². The van der Waals surface area contributed by atoms with Crippen LogP contribution in [0.4, 0.5) is 0 Å². The summed E-state index contributed by atoms with van der Waals surface area (Å²) in [5.41, 5.74) is 6.12. The molecule has 0 aromatic carbocycles. The Morgan fingerprint density at radius 2 is 1.94 bits per heavy atom. The van der Waals surface area contributed by atoms with Crippen molar-refractivity contribution >= 4 is 0 Å². The highest BCUT2D eigenvalue weighted by molar-refractivity contribution is 4.85. The topological polar surface area (TPSA) is 44.5 Å². The molecule has 3 nitrogen and oxygen atoms in total. The van der Waals surface area contributed by atoms with E-state index in [1.54, 1.807) is 7.11 Å². The van der Waals surface area contributed by atoms with Gasteiger partial charge in [0.1, 0.15) is 0 Å². The third-order valence-corrected chi connectivity index (χ3v) is 3.63. The first-order valence-electron chi connectivity index (χ1n) is 6.44. The molecule has 1 aliphatic rings. The first-order valence-corrected chi connectivity index (χ1v) is 6.44. The van der Waals surface area contributed by atoms with E-state index in [2.05, 4.69) is 20.8 Å². The van der Waals surface area contributed by atoms with E-state index in [-0.39, 0.29) is 18.2 Å². The van der Waals surface area contributed by atoms with Crippen LogP contribution in [0.15, 0.2) is 0 Å². The van der Waals surface area contributed by atoms with Crippen molar-refractivity contribution < 1.29 is 9.47 Å². The number of rotatable bonds is 5. The lowest BCUT2D eigenvalue weighted by Gasteiger charge is -2.37. The summed E-state index contributed by atoms with van der Waals surface area (Å²) in [6.07, 6.45) is 3.80. The average molecular weight is 229 g/mol. The molecule has 0 spiro atoms. The van der Waals surface area contributed by atoms with E-state index in [1.807, 2.05) is 0 Å². The first-order chi connectivity index (χ1) is 7.54. The molecule has 4 unspecified atom stereocenters. The van der Waals surface area contributed by atoms with E-state index in [0.717, 1.165) is 24.7 Å². The zero-order valence-corrected chi connectivity index (χ0v) is 11.1. The third-order valence-electron chi connectivity index (χ3n) is 3.63. The van der Waals surface area contributed by atoms with Gasteiger partial charge in [-0.1, -0.05) is 13.8 Å². The summed E-state index contributed by atoms with van der Waals surface area (Å²) in [7, 11) is 1.71. The summed E-state index contributed by atoms with van der Waals surface area (Å²) in [6, 6.07) is 0.203. The Morgan fingerprint density at radius 1 is 1.25 bits per heavy atom. The second kappa shape index (κ2) is 6.58. The van der Waals surface area contributed by atoms with Crippen molar-refractivity contribution in [3.8, 4) is 0 Å². The molecule has 1 saturated carbocycles. The van der Waals surface area contributed by atoms with E-state index in [9.17, 15) is 0 Å². The molecule has 0 aliphatic heterocycles. The SMILES string of the molecule is COCC(C)OC1CC(C(C)C)CCC1N. The molecular formula is C13H27NO2. The Hall–Kier alpha value is -0.120. The fraction of sp³-hybridized carbons (Fsp3) is 1.00. The van der Waals surface area contributed by atoms with Gasteiger partial charge in [0.2, 0.25) is 0 Å². The summed E-state index contributed by atoms with van der Waals surface area (Å²) in [4.78, 5) is 0. The van der Waals surface area contributed by atoms with E-state index < -0.39 is 0 Å².